The molecule has 0 bridgehead atoms. The number of aromatic nitrogens is 1. The topological polar surface area (TPSA) is 50.9 Å². The Kier molecular flexibility index (Phi) is 3.54. The lowest BCUT2D eigenvalue weighted by Gasteiger charge is -2.09. The van der Waals surface area contributed by atoms with Gasteiger partial charge in [-0.3, -0.25) is 0 Å². The number of nitrogens with one attached hydrogen (secondary N) is 1. The second-order valence-electron chi connectivity index (χ2n) is 3.42. The second kappa shape index (κ2) is 4.46. The maximum atomic E-state index is 5.64. The first-order valence-electron chi connectivity index (χ1n) is 4.60. The van der Waals surface area contributed by atoms with Gasteiger partial charge >= 0.3 is 0 Å². The molecule has 13 heavy (non-hydrogen) atoms. The van der Waals surface area contributed by atoms with Crippen molar-refractivity contribution < 1.29 is 0 Å². The summed E-state index contributed by atoms with van der Waals surface area (Å²) in [6, 6.07) is 0. The van der Waals surface area contributed by atoms with E-state index in [0.29, 0.717) is 11.7 Å². The first-order valence-corrected chi connectivity index (χ1v) is 5.38. The minimum Gasteiger partial charge on any atom is -0.383 e. The summed E-state index contributed by atoms with van der Waals surface area (Å²) >= 11 is 1.44. The van der Waals surface area contributed by atoms with E-state index in [1.807, 2.05) is 6.92 Å². The zero-order valence-corrected chi connectivity index (χ0v) is 9.24. The van der Waals surface area contributed by atoms with Crippen LogP contribution in [0.2, 0.25) is 0 Å². The van der Waals surface area contributed by atoms with Crippen LogP contribution in [0.4, 0.5) is 10.8 Å². The number of nitrogens with zero attached hydrogens (tertiary/aromatic N) is 1. The van der Waals surface area contributed by atoms with Gasteiger partial charge in [0.15, 0.2) is 0 Å². The van der Waals surface area contributed by atoms with Crippen molar-refractivity contribution in [1.82, 2.24) is 4.37 Å². The maximum Gasteiger partial charge on any atom is 0.142 e. The molecule has 1 unspecified atom stereocenters. The lowest BCUT2D eigenvalue weighted by molar-refractivity contribution is 0.594. The molecule has 0 aliphatic rings. The van der Waals surface area contributed by atoms with Crippen LogP contribution < -0.4 is 11.1 Å². The summed E-state index contributed by atoms with van der Waals surface area (Å²) in [4.78, 5) is 0. The third-order valence-electron chi connectivity index (χ3n) is 2.27. The van der Waals surface area contributed by atoms with Crippen molar-refractivity contribution >= 4 is 22.4 Å². The summed E-state index contributed by atoms with van der Waals surface area (Å²) in [5.74, 6) is 1.35. The zero-order valence-electron chi connectivity index (χ0n) is 8.42. The number of rotatable bonds is 4. The van der Waals surface area contributed by atoms with E-state index in [2.05, 4.69) is 23.5 Å². The number of hydrogen-bond acceptors (Lipinski definition) is 4. The van der Waals surface area contributed by atoms with E-state index in [0.717, 1.165) is 17.1 Å². The average Bonchev–Trinajstić information content (AvgIpc) is 2.44. The minimum absolute atomic E-state index is 0.650. The van der Waals surface area contributed by atoms with Crippen LogP contribution in [0, 0.1) is 12.8 Å². The largest absolute Gasteiger partial charge is 0.383 e. The van der Waals surface area contributed by atoms with Crippen LogP contribution in [0.15, 0.2) is 0 Å². The van der Waals surface area contributed by atoms with Gasteiger partial charge in [0.05, 0.1) is 0 Å². The third kappa shape index (κ3) is 2.59. The van der Waals surface area contributed by atoms with Gasteiger partial charge in [-0.1, -0.05) is 20.3 Å². The SMILES string of the molecule is CCC(C)CNc1snc(N)c1C. The molecule has 0 saturated carbocycles. The summed E-state index contributed by atoms with van der Waals surface area (Å²) in [6.45, 7) is 7.42. The normalized spacial score (nSPS) is 12.8. The molecule has 0 aliphatic carbocycles. The van der Waals surface area contributed by atoms with E-state index in [-0.39, 0.29) is 0 Å². The van der Waals surface area contributed by atoms with E-state index < -0.39 is 0 Å². The first-order chi connectivity index (χ1) is 6.15. The Morgan fingerprint density at radius 2 is 2.31 bits per heavy atom. The van der Waals surface area contributed by atoms with Crippen molar-refractivity contribution in [2.45, 2.75) is 27.2 Å². The lowest BCUT2D eigenvalue weighted by Crippen LogP contribution is -2.09. The van der Waals surface area contributed by atoms with Gasteiger partial charge in [0.25, 0.3) is 0 Å². The molecular formula is C9H17N3S. The van der Waals surface area contributed by atoms with E-state index >= 15 is 0 Å². The van der Waals surface area contributed by atoms with E-state index in [9.17, 15) is 0 Å². The van der Waals surface area contributed by atoms with E-state index in [1.54, 1.807) is 0 Å². The smallest absolute Gasteiger partial charge is 0.142 e. The van der Waals surface area contributed by atoms with Crippen molar-refractivity contribution in [3.05, 3.63) is 5.56 Å². The molecule has 0 amide bonds. The van der Waals surface area contributed by atoms with E-state index in [4.69, 9.17) is 5.73 Å². The van der Waals surface area contributed by atoms with Gasteiger partial charge in [-0.25, -0.2) is 0 Å². The van der Waals surface area contributed by atoms with Gasteiger partial charge in [0, 0.05) is 12.1 Å². The molecule has 0 fully saturated rings. The fourth-order valence-electron chi connectivity index (χ4n) is 0.924. The Bertz CT molecular complexity index is 270. The Hall–Kier alpha value is -0.770. The highest BCUT2D eigenvalue weighted by Crippen LogP contribution is 2.25. The maximum absolute atomic E-state index is 5.64. The molecule has 0 radical (unpaired) electrons. The van der Waals surface area contributed by atoms with Crippen LogP contribution in [0.25, 0.3) is 0 Å². The minimum atomic E-state index is 0.650. The van der Waals surface area contributed by atoms with Crippen molar-refractivity contribution in [3.63, 3.8) is 0 Å². The van der Waals surface area contributed by atoms with Crippen LogP contribution in [0.5, 0.6) is 0 Å². The summed E-state index contributed by atoms with van der Waals surface area (Å²) < 4.78 is 4.08. The number of nitrogens with two attached hydrogens (primary N) is 1. The Morgan fingerprint density at radius 3 is 2.77 bits per heavy atom. The molecule has 3 N–H and O–H groups in total. The van der Waals surface area contributed by atoms with Crippen LogP contribution in [0.3, 0.4) is 0 Å². The highest BCUT2D eigenvalue weighted by atomic mass is 32.1. The fourth-order valence-corrected chi connectivity index (χ4v) is 1.64. The van der Waals surface area contributed by atoms with Crippen LogP contribution in [-0.2, 0) is 0 Å². The average molecular weight is 199 g/mol. The molecule has 3 nitrogen and oxygen atoms in total. The summed E-state index contributed by atoms with van der Waals surface area (Å²) in [5.41, 5.74) is 6.72. The molecule has 1 rings (SSSR count). The monoisotopic (exact) mass is 199 g/mol. The molecule has 74 valence electrons. The Labute approximate surface area is 83.5 Å². The zero-order chi connectivity index (χ0) is 9.84. The van der Waals surface area contributed by atoms with E-state index in [1.165, 1.54) is 18.0 Å². The second-order valence-corrected chi connectivity index (χ2v) is 4.19. The molecular weight excluding hydrogens is 182 g/mol. The molecule has 1 aromatic heterocycles. The summed E-state index contributed by atoms with van der Waals surface area (Å²) in [7, 11) is 0. The predicted molar refractivity (Wildman–Crippen MR) is 59.2 cm³/mol. The van der Waals surface area contributed by atoms with Gasteiger partial charge in [-0.15, -0.1) is 0 Å². The summed E-state index contributed by atoms with van der Waals surface area (Å²) in [5, 5.41) is 4.47. The molecule has 1 heterocycles. The molecule has 0 saturated heterocycles. The molecule has 4 heteroatoms. The molecule has 0 aliphatic heterocycles. The number of hydrogen-bond donors (Lipinski definition) is 2. The fraction of sp³-hybridized carbons (Fsp3) is 0.667. The quantitative estimate of drug-likeness (QED) is 0.783. The summed E-state index contributed by atoms with van der Waals surface area (Å²) in [6.07, 6.45) is 1.19. The predicted octanol–water partition coefficient (Wildman–Crippen LogP) is 2.49. The van der Waals surface area contributed by atoms with Crippen molar-refractivity contribution in [2.75, 3.05) is 17.6 Å². The van der Waals surface area contributed by atoms with Gasteiger partial charge in [-0.2, -0.15) is 4.37 Å². The van der Waals surface area contributed by atoms with Gasteiger partial charge in [0.1, 0.15) is 10.8 Å². The number of nitrogen functional groups attached to an aromatic ring is 1. The van der Waals surface area contributed by atoms with Crippen molar-refractivity contribution in [2.24, 2.45) is 5.92 Å². The van der Waals surface area contributed by atoms with Crippen molar-refractivity contribution in [3.8, 4) is 0 Å². The molecule has 1 atom stereocenters. The Morgan fingerprint density at radius 1 is 1.62 bits per heavy atom. The van der Waals surface area contributed by atoms with Crippen LogP contribution in [-0.4, -0.2) is 10.9 Å². The third-order valence-corrected chi connectivity index (χ3v) is 3.19. The first kappa shape index (κ1) is 10.3. The molecule has 0 aromatic carbocycles. The standard InChI is InChI=1S/C9H17N3S/c1-4-6(2)5-11-9-7(3)8(10)12-13-9/h6,11H,4-5H2,1-3H3,(H2,10,12). The highest BCUT2D eigenvalue weighted by Gasteiger charge is 2.06. The number of anilines is 2. The van der Waals surface area contributed by atoms with Crippen LogP contribution in [0.1, 0.15) is 25.8 Å². The van der Waals surface area contributed by atoms with Crippen LogP contribution >= 0.6 is 11.5 Å². The van der Waals surface area contributed by atoms with Gasteiger partial charge in [-0.05, 0) is 24.4 Å². The molecule has 1 aromatic rings. The van der Waals surface area contributed by atoms with Crippen molar-refractivity contribution in [1.29, 1.82) is 0 Å². The highest BCUT2D eigenvalue weighted by molar-refractivity contribution is 7.10. The Balaban J connectivity index is 2.50. The lowest BCUT2D eigenvalue weighted by atomic mass is 10.1. The van der Waals surface area contributed by atoms with Gasteiger partial charge < -0.3 is 11.1 Å². The molecule has 0 spiro atoms. The van der Waals surface area contributed by atoms with Gasteiger partial charge in [0.2, 0.25) is 0 Å².